The second-order valence-electron chi connectivity index (χ2n) is 5.17. The van der Waals surface area contributed by atoms with E-state index in [1.165, 1.54) is 11.8 Å². The number of nitrogens with zero attached hydrogens (tertiary/aromatic N) is 2. The SMILES string of the molecule is Cc1cccc(N=C2NC(=O)/C(=C/c3c(C)n[nH]c3C)S2)c1. The van der Waals surface area contributed by atoms with Gasteiger partial charge in [-0.15, -0.1) is 0 Å². The van der Waals surface area contributed by atoms with Gasteiger partial charge in [0.05, 0.1) is 16.3 Å². The molecule has 22 heavy (non-hydrogen) atoms. The van der Waals surface area contributed by atoms with Gasteiger partial charge in [0.15, 0.2) is 5.17 Å². The fraction of sp³-hybridized carbons (Fsp3) is 0.188. The van der Waals surface area contributed by atoms with Gasteiger partial charge in [-0.3, -0.25) is 9.89 Å². The minimum Gasteiger partial charge on any atom is -0.300 e. The lowest BCUT2D eigenvalue weighted by Crippen LogP contribution is -2.19. The first-order chi connectivity index (χ1) is 10.5. The molecule has 2 N–H and O–H groups in total. The topological polar surface area (TPSA) is 70.1 Å². The van der Waals surface area contributed by atoms with E-state index in [0.29, 0.717) is 10.1 Å². The van der Waals surface area contributed by atoms with E-state index in [2.05, 4.69) is 20.5 Å². The number of carbonyl (C=O) groups is 1. The van der Waals surface area contributed by atoms with Crippen LogP contribution < -0.4 is 5.32 Å². The number of nitrogens with one attached hydrogen (secondary N) is 2. The van der Waals surface area contributed by atoms with Crippen molar-refractivity contribution in [2.75, 3.05) is 0 Å². The fourth-order valence-corrected chi connectivity index (χ4v) is 3.02. The van der Waals surface area contributed by atoms with Crippen molar-refractivity contribution in [1.29, 1.82) is 0 Å². The van der Waals surface area contributed by atoms with Crippen LogP contribution >= 0.6 is 11.8 Å². The second kappa shape index (κ2) is 5.81. The van der Waals surface area contributed by atoms with Crippen molar-refractivity contribution in [3.63, 3.8) is 0 Å². The molecular formula is C16H16N4OS. The maximum atomic E-state index is 12.1. The van der Waals surface area contributed by atoms with Gasteiger partial charge in [0.1, 0.15) is 0 Å². The van der Waals surface area contributed by atoms with Crippen molar-refractivity contribution in [2.45, 2.75) is 20.8 Å². The summed E-state index contributed by atoms with van der Waals surface area (Å²) in [6.07, 6.45) is 1.85. The Hall–Kier alpha value is -2.34. The minimum absolute atomic E-state index is 0.128. The molecule has 0 radical (unpaired) electrons. The highest BCUT2D eigenvalue weighted by Crippen LogP contribution is 2.29. The summed E-state index contributed by atoms with van der Waals surface area (Å²) in [5.74, 6) is -0.128. The van der Waals surface area contributed by atoms with Crippen molar-refractivity contribution >= 4 is 34.6 Å². The van der Waals surface area contributed by atoms with Crippen LogP contribution in [-0.4, -0.2) is 21.3 Å². The number of aromatic nitrogens is 2. The number of amidine groups is 1. The van der Waals surface area contributed by atoms with Crippen LogP contribution in [0.25, 0.3) is 6.08 Å². The Bertz CT molecular complexity index is 785. The smallest absolute Gasteiger partial charge is 0.264 e. The predicted octanol–water partition coefficient (Wildman–Crippen LogP) is 3.23. The molecule has 2 heterocycles. The summed E-state index contributed by atoms with van der Waals surface area (Å²) < 4.78 is 0. The number of thioether (sulfide) groups is 1. The Morgan fingerprint density at radius 3 is 2.77 bits per heavy atom. The van der Waals surface area contributed by atoms with Crippen molar-refractivity contribution < 1.29 is 4.79 Å². The van der Waals surface area contributed by atoms with Gasteiger partial charge in [0, 0.05) is 11.3 Å². The quantitative estimate of drug-likeness (QED) is 0.836. The summed E-state index contributed by atoms with van der Waals surface area (Å²) in [5.41, 5.74) is 4.75. The van der Waals surface area contributed by atoms with Gasteiger partial charge in [0.2, 0.25) is 0 Å². The number of aromatic amines is 1. The van der Waals surface area contributed by atoms with Gasteiger partial charge in [-0.2, -0.15) is 5.10 Å². The summed E-state index contributed by atoms with van der Waals surface area (Å²) in [6.45, 7) is 5.86. The largest absolute Gasteiger partial charge is 0.300 e. The van der Waals surface area contributed by atoms with Gasteiger partial charge in [-0.25, -0.2) is 4.99 Å². The van der Waals surface area contributed by atoms with Gasteiger partial charge < -0.3 is 5.32 Å². The average molecular weight is 312 g/mol. The van der Waals surface area contributed by atoms with Crippen molar-refractivity contribution in [3.8, 4) is 0 Å². The van der Waals surface area contributed by atoms with Crippen LogP contribution in [0.5, 0.6) is 0 Å². The number of H-pyrrole nitrogens is 1. The third-order valence-corrected chi connectivity index (χ3v) is 4.25. The summed E-state index contributed by atoms with van der Waals surface area (Å²) in [4.78, 5) is 17.2. The number of carbonyl (C=O) groups excluding carboxylic acids is 1. The molecule has 0 bridgehead atoms. The Morgan fingerprint density at radius 2 is 2.09 bits per heavy atom. The zero-order valence-electron chi connectivity index (χ0n) is 12.6. The Morgan fingerprint density at radius 1 is 1.27 bits per heavy atom. The standard InChI is InChI=1S/C16H16N4OS/c1-9-5-4-6-12(7-9)17-16-18-15(21)14(22-16)8-13-10(2)19-20-11(13)3/h4-8H,1-3H3,(H,19,20)(H,17,18,21)/b14-8-. The van der Waals surface area contributed by atoms with E-state index in [0.717, 1.165) is 28.2 Å². The Kier molecular flexibility index (Phi) is 3.85. The average Bonchev–Trinajstić information content (AvgIpc) is 2.96. The number of hydrogen-bond acceptors (Lipinski definition) is 4. The Balaban J connectivity index is 1.87. The van der Waals surface area contributed by atoms with Crippen LogP contribution in [0.15, 0.2) is 34.2 Å². The summed E-state index contributed by atoms with van der Waals surface area (Å²) in [7, 11) is 0. The molecule has 1 aliphatic heterocycles. The van der Waals surface area contributed by atoms with Crippen molar-refractivity contribution in [1.82, 2.24) is 15.5 Å². The molecular weight excluding hydrogens is 296 g/mol. The zero-order valence-corrected chi connectivity index (χ0v) is 13.4. The molecule has 5 nitrogen and oxygen atoms in total. The van der Waals surface area contributed by atoms with Crippen LogP contribution in [0.2, 0.25) is 0 Å². The highest BCUT2D eigenvalue weighted by atomic mass is 32.2. The summed E-state index contributed by atoms with van der Waals surface area (Å²) >= 11 is 1.34. The number of benzene rings is 1. The predicted molar refractivity (Wildman–Crippen MR) is 90.0 cm³/mol. The van der Waals surface area contributed by atoms with Gasteiger partial charge >= 0.3 is 0 Å². The molecule has 1 aliphatic rings. The molecule has 1 aromatic carbocycles. The lowest BCUT2D eigenvalue weighted by molar-refractivity contribution is -0.115. The third kappa shape index (κ3) is 2.96. The molecule has 6 heteroatoms. The van der Waals surface area contributed by atoms with Gasteiger partial charge in [-0.1, -0.05) is 12.1 Å². The molecule has 0 saturated carbocycles. The van der Waals surface area contributed by atoms with E-state index < -0.39 is 0 Å². The van der Waals surface area contributed by atoms with E-state index in [-0.39, 0.29) is 5.91 Å². The number of rotatable bonds is 2. The van der Waals surface area contributed by atoms with E-state index in [1.54, 1.807) is 0 Å². The minimum atomic E-state index is -0.128. The highest BCUT2D eigenvalue weighted by molar-refractivity contribution is 8.18. The molecule has 0 aliphatic carbocycles. The molecule has 1 amide bonds. The first kappa shape index (κ1) is 14.6. The number of aryl methyl sites for hydroxylation is 3. The molecule has 1 aromatic heterocycles. The van der Waals surface area contributed by atoms with E-state index in [9.17, 15) is 4.79 Å². The molecule has 1 saturated heterocycles. The third-order valence-electron chi connectivity index (χ3n) is 3.34. The second-order valence-corrected chi connectivity index (χ2v) is 6.20. The lowest BCUT2D eigenvalue weighted by Gasteiger charge is -1.97. The molecule has 112 valence electrons. The Labute approximate surface area is 132 Å². The lowest BCUT2D eigenvalue weighted by atomic mass is 10.2. The van der Waals surface area contributed by atoms with Crippen molar-refractivity contribution in [3.05, 3.63) is 51.7 Å². The summed E-state index contributed by atoms with van der Waals surface area (Å²) in [5, 5.41) is 10.5. The molecule has 0 spiro atoms. The highest BCUT2D eigenvalue weighted by Gasteiger charge is 2.24. The molecule has 0 atom stereocenters. The fourth-order valence-electron chi connectivity index (χ4n) is 2.20. The first-order valence-electron chi connectivity index (χ1n) is 6.91. The molecule has 1 fully saturated rings. The van der Waals surface area contributed by atoms with Crippen LogP contribution in [0, 0.1) is 20.8 Å². The van der Waals surface area contributed by atoms with E-state index >= 15 is 0 Å². The van der Waals surface area contributed by atoms with Crippen LogP contribution in [0.3, 0.4) is 0 Å². The van der Waals surface area contributed by atoms with Gasteiger partial charge in [-0.05, 0) is 56.3 Å². The molecule has 2 aromatic rings. The first-order valence-corrected chi connectivity index (χ1v) is 7.72. The number of amides is 1. The van der Waals surface area contributed by atoms with E-state index in [4.69, 9.17) is 0 Å². The van der Waals surface area contributed by atoms with Crippen LogP contribution in [0.1, 0.15) is 22.5 Å². The van der Waals surface area contributed by atoms with Gasteiger partial charge in [0.25, 0.3) is 5.91 Å². The maximum absolute atomic E-state index is 12.1. The van der Waals surface area contributed by atoms with Crippen molar-refractivity contribution in [2.24, 2.45) is 4.99 Å². The van der Waals surface area contributed by atoms with Crippen LogP contribution in [0.4, 0.5) is 5.69 Å². The molecule has 3 rings (SSSR count). The maximum Gasteiger partial charge on any atom is 0.264 e. The molecule has 0 unspecified atom stereocenters. The van der Waals surface area contributed by atoms with Crippen LogP contribution in [-0.2, 0) is 4.79 Å². The zero-order chi connectivity index (χ0) is 15.7. The number of aliphatic imine (C=N–C) groups is 1. The normalized spacial score (nSPS) is 18.2. The monoisotopic (exact) mass is 312 g/mol. The van der Waals surface area contributed by atoms with E-state index in [1.807, 2.05) is 51.1 Å². The number of hydrogen-bond donors (Lipinski definition) is 2. The summed E-state index contributed by atoms with van der Waals surface area (Å²) in [6, 6.07) is 7.86.